The van der Waals surface area contributed by atoms with E-state index >= 15 is 0 Å². The third-order valence-electron chi connectivity index (χ3n) is 18.7. The molecular weight excluding hydrogens is 1470 g/mol. The van der Waals surface area contributed by atoms with Crippen molar-refractivity contribution in [1.29, 1.82) is 0 Å². The second kappa shape index (κ2) is 68.5. The summed E-state index contributed by atoms with van der Waals surface area (Å²) in [6, 6.07) is -1.17. The Morgan fingerprint density at radius 2 is 0.469 bits per heavy atom. The van der Waals surface area contributed by atoms with E-state index < -0.39 is 146 Å². The lowest BCUT2D eigenvalue weighted by Crippen LogP contribution is -2.57. The SMILES string of the molecule is CC(=O)OC[C@H](OC(C)=O)[C@H](OC(C)=O)[C@@H](OC(C)=O)[C@H](OC(C)=O)C(=O)NCCCCCCCCCCCCCCCCCCCCCCCC(=O)NCC(NC(=O)CCCCCCCCCCCCCCCCCCCCCCCNC(=O)[C@H](OC(C)=O)[C@@H](OC(C)=O)[C@H](OC(C)=O)[C@H](COC(C)=O)OC(C)=O)C(=O)O. The molecule has 0 aliphatic heterocycles. The largest absolute Gasteiger partial charge is 0.480 e. The summed E-state index contributed by atoms with van der Waals surface area (Å²) in [5.74, 6) is -12.0. The number of unbranched alkanes of at least 4 members (excludes halogenated alkanes) is 40. The number of nitrogens with one attached hydrogen (secondary N) is 4. The predicted molar refractivity (Wildman–Crippen MR) is 419 cm³/mol. The molecule has 30 nitrogen and oxygen atoms in total. The second-order valence-corrected chi connectivity index (χ2v) is 29.5. The number of carbonyl (C=O) groups excluding carboxylic acids is 14. The molecular formula is C83H142N4O26. The highest BCUT2D eigenvalue weighted by Gasteiger charge is 2.48. The van der Waals surface area contributed by atoms with Crippen molar-refractivity contribution in [3.8, 4) is 0 Å². The maximum Gasteiger partial charge on any atom is 0.328 e. The van der Waals surface area contributed by atoms with Crippen molar-refractivity contribution in [2.45, 2.75) is 407 Å². The maximum atomic E-state index is 13.4. The maximum absolute atomic E-state index is 13.4. The summed E-state index contributed by atoms with van der Waals surface area (Å²) in [5, 5.41) is 20.4. The molecule has 9 atom stereocenters. The Morgan fingerprint density at radius 1 is 0.248 bits per heavy atom. The van der Waals surface area contributed by atoms with Gasteiger partial charge in [0.1, 0.15) is 19.3 Å². The Balaban J connectivity index is 4.04. The molecule has 0 aliphatic rings. The molecule has 0 heterocycles. The van der Waals surface area contributed by atoms with Gasteiger partial charge in [0.05, 0.1) is 0 Å². The summed E-state index contributed by atoms with van der Waals surface area (Å²) in [6.45, 7) is 9.63. The highest BCUT2D eigenvalue weighted by Crippen LogP contribution is 2.25. The number of hydrogen-bond donors (Lipinski definition) is 5. The molecule has 0 spiro atoms. The Hall–Kier alpha value is -7.95. The van der Waals surface area contributed by atoms with Crippen LogP contribution in [0.25, 0.3) is 0 Å². The number of ether oxygens (including phenoxy) is 10. The van der Waals surface area contributed by atoms with Crippen LogP contribution in [-0.2, 0) is 119 Å². The highest BCUT2D eigenvalue weighted by atomic mass is 16.7. The number of esters is 10. The molecule has 5 N–H and O–H groups in total. The van der Waals surface area contributed by atoms with Crippen molar-refractivity contribution in [3.63, 3.8) is 0 Å². The monoisotopic (exact) mass is 1610 g/mol. The van der Waals surface area contributed by atoms with Crippen LogP contribution in [0.2, 0.25) is 0 Å². The van der Waals surface area contributed by atoms with Gasteiger partial charge < -0.3 is 73.7 Å². The van der Waals surface area contributed by atoms with Crippen LogP contribution in [0.3, 0.4) is 0 Å². The minimum atomic E-state index is -1.81. The molecule has 0 saturated carbocycles. The Bertz CT molecular complexity index is 2750. The first-order valence-corrected chi connectivity index (χ1v) is 41.9. The van der Waals surface area contributed by atoms with Gasteiger partial charge in [0.2, 0.25) is 24.0 Å². The fraction of sp³-hybridized carbons (Fsp3) is 0.819. The number of aliphatic carboxylic acids is 1. The number of carboxylic acid groups (broad SMARTS) is 1. The van der Waals surface area contributed by atoms with Crippen LogP contribution in [0, 0.1) is 0 Å². The molecule has 0 aromatic carbocycles. The first-order valence-electron chi connectivity index (χ1n) is 41.9. The van der Waals surface area contributed by atoms with Crippen LogP contribution in [0.4, 0.5) is 0 Å². The summed E-state index contributed by atoms with van der Waals surface area (Å²) in [6.07, 6.45) is 33.2. The fourth-order valence-corrected chi connectivity index (χ4v) is 13.1. The third-order valence-corrected chi connectivity index (χ3v) is 18.7. The molecule has 0 aliphatic carbocycles. The zero-order valence-electron chi connectivity index (χ0n) is 70.0. The average Bonchev–Trinajstić information content (AvgIpc) is 0.825. The van der Waals surface area contributed by atoms with Gasteiger partial charge in [-0.1, -0.05) is 244 Å². The molecule has 0 aromatic rings. The quantitative estimate of drug-likeness (QED) is 0.0214. The van der Waals surface area contributed by atoms with Gasteiger partial charge in [0.15, 0.2) is 36.6 Å². The van der Waals surface area contributed by atoms with Crippen molar-refractivity contribution < 1.29 is 124 Å². The molecule has 0 bridgehead atoms. The first kappa shape index (κ1) is 105. The van der Waals surface area contributed by atoms with Gasteiger partial charge in [-0.15, -0.1) is 0 Å². The van der Waals surface area contributed by atoms with E-state index in [1.165, 1.54) is 141 Å². The Kier molecular flexibility index (Phi) is 63.6. The van der Waals surface area contributed by atoms with Crippen LogP contribution < -0.4 is 21.3 Å². The van der Waals surface area contributed by atoms with Crippen LogP contribution in [0.5, 0.6) is 0 Å². The van der Waals surface area contributed by atoms with E-state index in [0.717, 1.165) is 178 Å². The van der Waals surface area contributed by atoms with Crippen molar-refractivity contribution in [1.82, 2.24) is 21.3 Å². The number of carbonyl (C=O) groups is 15. The van der Waals surface area contributed by atoms with Crippen LogP contribution in [0.15, 0.2) is 0 Å². The summed E-state index contributed by atoms with van der Waals surface area (Å²) >= 11 is 0. The number of carboxylic acids is 1. The molecule has 0 radical (unpaired) electrons. The normalized spacial score (nSPS) is 13.4. The van der Waals surface area contributed by atoms with E-state index in [4.69, 9.17) is 47.4 Å². The Morgan fingerprint density at radius 3 is 0.699 bits per heavy atom. The van der Waals surface area contributed by atoms with Crippen molar-refractivity contribution in [2.75, 3.05) is 32.8 Å². The van der Waals surface area contributed by atoms with Crippen LogP contribution >= 0.6 is 0 Å². The molecule has 30 heteroatoms. The van der Waals surface area contributed by atoms with Gasteiger partial charge in [-0.25, -0.2) is 4.79 Å². The van der Waals surface area contributed by atoms with E-state index in [-0.39, 0.29) is 37.9 Å². The van der Waals surface area contributed by atoms with E-state index in [0.29, 0.717) is 25.7 Å². The smallest absolute Gasteiger partial charge is 0.328 e. The minimum Gasteiger partial charge on any atom is -0.480 e. The molecule has 0 saturated heterocycles. The lowest BCUT2D eigenvalue weighted by atomic mass is 10.0. The summed E-state index contributed by atoms with van der Waals surface area (Å²) in [7, 11) is 0. The molecule has 650 valence electrons. The number of rotatable bonds is 72. The lowest BCUT2D eigenvalue weighted by molar-refractivity contribution is -0.203. The zero-order chi connectivity index (χ0) is 84.4. The molecule has 4 amide bonds. The molecule has 1 unspecified atom stereocenters. The third kappa shape index (κ3) is 61.2. The topological polar surface area (TPSA) is 417 Å². The summed E-state index contributed by atoms with van der Waals surface area (Å²) < 4.78 is 52.4. The van der Waals surface area contributed by atoms with Gasteiger partial charge in [0, 0.05) is 102 Å². The minimum absolute atomic E-state index is 0.141. The van der Waals surface area contributed by atoms with Gasteiger partial charge in [-0.3, -0.25) is 67.1 Å². The predicted octanol–water partition coefficient (Wildman–Crippen LogP) is 12.6. The lowest BCUT2D eigenvalue weighted by Gasteiger charge is -2.34. The summed E-state index contributed by atoms with van der Waals surface area (Å²) in [5.41, 5.74) is 0. The van der Waals surface area contributed by atoms with Crippen LogP contribution in [0.1, 0.15) is 352 Å². The van der Waals surface area contributed by atoms with E-state index in [2.05, 4.69) is 21.3 Å². The van der Waals surface area contributed by atoms with Gasteiger partial charge >= 0.3 is 65.7 Å². The van der Waals surface area contributed by atoms with Gasteiger partial charge in [-0.2, -0.15) is 0 Å². The van der Waals surface area contributed by atoms with E-state index in [1.54, 1.807) is 0 Å². The fourth-order valence-electron chi connectivity index (χ4n) is 13.1. The first-order chi connectivity index (χ1) is 53.9. The molecule has 113 heavy (non-hydrogen) atoms. The molecule has 0 rings (SSSR count). The summed E-state index contributed by atoms with van der Waals surface area (Å²) in [4.78, 5) is 184. The van der Waals surface area contributed by atoms with Crippen LogP contribution in [-0.4, -0.2) is 182 Å². The number of hydrogen-bond acceptors (Lipinski definition) is 25. The van der Waals surface area contributed by atoms with E-state index in [1.807, 2.05) is 0 Å². The van der Waals surface area contributed by atoms with Gasteiger partial charge in [-0.05, 0) is 25.7 Å². The highest BCUT2D eigenvalue weighted by molar-refractivity contribution is 5.86. The second-order valence-electron chi connectivity index (χ2n) is 29.5. The average molecular weight is 1610 g/mol. The van der Waals surface area contributed by atoms with Crippen molar-refractivity contribution in [2.24, 2.45) is 0 Å². The van der Waals surface area contributed by atoms with Gasteiger partial charge in [0.25, 0.3) is 11.8 Å². The van der Waals surface area contributed by atoms with Crippen molar-refractivity contribution in [3.05, 3.63) is 0 Å². The Labute approximate surface area is 671 Å². The number of amides is 4. The molecule has 0 fully saturated rings. The standard InChI is InChI=1S/C83H142N4O26/c1-60(88)104-58-71(106-62(3)90)75(108-64(5)92)77(110-66(7)94)79(112-68(9)96)81(100)84-55-51-47-43-39-35-31-27-23-19-15-11-13-17-21-25-29-33-37-41-45-49-53-73(98)86-57-70(83(102)103)87-74(99)54-50-46-42-38-34-30-26-22-18-14-12-16-20-24-28-32-36-40-44-48-52-56-85-82(101)80(113-69(10)97)78(111-67(8)95)76(109-65(6)93)72(107-63(4)91)59-105-61(2)89/h70-72,75-80H,11-59H2,1-10H3,(H,84,100)(H,85,101)(H,86,98)(H,87,99)(H,102,103)/t70?,71-,72-,75-,76+,77+,78-,79-,80+/m0/s1. The van der Waals surface area contributed by atoms with Crippen molar-refractivity contribution >= 4 is 89.3 Å². The molecule has 0 aromatic heterocycles. The zero-order valence-corrected chi connectivity index (χ0v) is 70.0. The van der Waals surface area contributed by atoms with E-state index in [9.17, 15) is 77.0 Å².